The third-order valence-electron chi connectivity index (χ3n) is 3.26. The van der Waals surface area contributed by atoms with E-state index in [4.69, 9.17) is 21.9 Å². The zero-order valence-corrected chi connectivity index (χ0v) is 13.8. The second-order valence-corrected chi connectivity index (χ2v) is 5.65. The van der Waals surface area contributed by atoms with Crippen LogP contribution in [-0.4, -0.2) is 16.1 Å². The topological polar surface area (TPSA) is 89.3 Å². The van der Waals surface area contributed by atoms with Crippen LogP contribution < -0.4 is 11.1 Å². The second kappa shape index (κ2) is 7.14. The lowest BCUT2D eigenvalue weighted by Crippen LogP contribution is -2.22. The fraction of sp³-hybridized carbons (Fsp3) is 0.118. The van der Waals surface area contributed by atoms with Crippen molar-refractivity contribution >= 4 is 23.2 Å². The molecule has 0 aliphatic heterocycles. The number of nitrogens with two attached hydrogens (primary N) is 1. The predicted molar refractivity (Wildman–Crippen MR) is 94.9 cm³/mol. The van der Waals surface area contributed by atoms with Crippen molar-refractivity contribution in [1.82, 2.24) is 10.1 Å². The molecule has 3 aromatic rings. The van der Waals surface area contributed by atoms with Crippen molar-refractivity contribution in [2.75, 3.05) is 5.32 Å². The third kappa shape index (κ3) is 4.11. The highest BCUT2D eigenvalue weighted by Crippen LogP contribution is 2.20. The van der Waals surface area contributed by atoms with Gasteiger partial charge in [-0.2, -0.15) is 4.98 Å². The first-order valence-electron chi connectivity index (χ1n) is 7.32. The molecule has 7 heteroatoms. The van der Waals surface area contributed by atoms with Gasteiger partial charge >= 0.3 is 0 Å². The standard InChI is InChI=1S/C17H16ClN5O/c1-11-5-7-14(8-6-11)21-17(19)20-10-15-22-16(23-24-15)12-3-2-4-13(18)9-12/h2-9H,10H2,1H3,(H3,19,20,21). The largest absolute Gasteiger partial charge is 0.370 e. The van der Waals surface area contributed by atoms with Gasteiger partial charge < -0.3 is 15.6 Å². The Hall–Kier alpha value is -2.86. The Morgan fingerprint density at radius 2 is 2.04 bits per heavy atom. The van der Waals surface area contributed by atoms with Gasteiger partial charge in [-0.1, -0.05) is 46.6 Å². The van der Waals surface area contributed by atoms with Crippen LogP contribution in [0, 0.1) is 6.92 Å². The Balaban J connectivity index is 1.65. The van der Waals surface area contributed by atoms with E-state index in [-0.39, 0.29) is 12.5 Å². The van der Waals surface area contributed by atoms with Gasteiger partial charge in [0.15, 0.2) is 5.96 Å². The van der Waals surface area contributed by atoms with E-state index >= 15 is 0 Å². The molecular formula is C17H16ClN5O. The van der Waals surface area contributed by atoms with Gasteiger partial charge in [-0.25, -0.2) is 4.99 Å². The molecule has 0 saturated heterocycles. The summed E-state index contributed by atoms with van der Waals surface area (Å²) in [5, 5.41) is 7.54. The van der Waals surface area contributed by atoms with Crippen LogP contribution in [0.3, 0.4) is 0 Å². The molecule has 6 nitrogen and oxygen atoms in total. The lowest BCUT2D eigenvalue weighted by Gasteiger charge is -2.04. The van der Waals surface area contributed by atoms with Gasteiger partial charge in [0, 0.05) is 16.3 Å². The average Bonchev–Trinajstić information content (AvgIpc) is 3.04. The molecule has 0 aliphatic carbocycles. The molecule has 0 atom stereocenters. The maximum atomic E-state index is 5.96. The van der Waals surface area contributed by atoms with Crippen LogP contribution in [0.2, 0.25) is 5.02 Å². The van der Waals surface area contributed by atoms with Crippen molar-refractivity contribution in [3.63, 3.8) is 0 Å². The zero-order chi connectivity index (χ0) is 16.9. The van der Waals surface area contributed by atoms with E-state index in [1.54, 1.807) is 12.1 Å². The Kier molecular flexibility index (Phi) is 4.77. The van der Waals surface area contributed by atoms with E-state index in [1.807, 2.05) is 43.3 Å². The van der Waals surface area contributed by atoms with E-state index < -0.39 is 0 Å². The molecule has 24 heavy (non-hydrogen) atoms. The molecule has 2 aromatic carbocycles. The Labute approximate surface area is 144 Å². The summed E-state index contributed by atoms with van der Waals surface area (Å²) in [4.78, 5) is 8.48. The van der Waals surface area contributed by atoms with Gasteiger partial charge in [0.2, 0.25) is 11.7 Å². The molecule has 0 aliphatic rings. The monoisotopic (exact) mass is 341 g/mol. The second-order valence-electron chi connectivity index (χ2n) is 5.21. The van der Waals surface area contributed by atoms with Gasteiger partial charge in [0.05, 0.1) is 0 Å². The van der Waals surface area contributed by atoms with Crippen LogP contribution in [0.25, 0.3) is 11.4 Å². The van der Waals surface area contributed by atoms with Crippen molar-refractivity contribution in [2.24, 2.45) is 10.7 Å². The number of rotatable bonds is 4. The van der Waals surface area contributed by atoms with E-state index in [1.165, 1.54) is 5.56 Å². The molecule has 3 rings (SSSR count). The van der Waals surface area contributed by atoms with E-state index in [9.17, 15) is 0 Å². The molecule has 122 valence electrons. The first kappa shape index (κ1) is 16.0. The summed E-state index contributed by atoms with van der Waals surface area (Å²) in [7, 11) is 0. The summed E-state index contributed by atoms with van der Waals surface area (Å²) in [5.74, 6) is 1.12. The first-order valence-corrected chi connectivity index (χ1v) is 7.70. The Morgan fingerprint density at radius 3 is 2.79 bits per heavy atom. The first-order chi connectivity index (χ1) is 11.6. The number of anilines is 1. The average molecular weight is 342 g/mol. The number of benzene rings is 2. The zero-order valence-electron chi connectivity index (χ0n) is 13.0. The van der Waals surface area contributed by atoms with Crippen molar-refractivity contribution in [3.05, 3.63) is 65.0 Å². The molecule has 1 heterocycles. The van der Waals surface area contributed by atoms with Gasteiger partial charge in [0.25, 0.3) is 0 Å². The highest BCUT2D eigenvalue weighted by molar-refractivity contribution is 6.30. The highest BCUT2D eigenvalue weighted by atomic mass is 35.5. The molecule has 0 saturated carbocycles. The molecule has 0 fully saturated rings. The minimum absolute atomic E-state index is 0.193. The van der Waals surface area contributed by atoms with Gasteiger partial charge in [-0.3, -0.25) is 0 Å². The molecular weight excluding hydrogens is 326 g/mol. The molecule has 0 radical (unpaired) electrons. The van der Waals surface area contributed by atoms with E-state index in [0.29, 0.717) is 16.7 Å². The summed E-state index contributed by atoms with van der Waals surface area (Å²) in [5.41, 5.74) is 8.69. The van der Waals surface area contributed by atoms with Crippen LogP contribution in [0.15, 0.2) is 58.0 Å². The lowest BCUT2D eigenvalue weighted by atomic mass is 10.2. The van der Waals surface area contributed by atoms with Crippen LogP contribution in [0.4, 0.5) is 5.69 Å². The van der Waals surface area contributed by atoms with Crippen molar-refractivity contribution in [2.45, 2.75) is 13.5 Å². The maximum Gasteiger partial charge on any atom is 0.248 e. The van der Waals surface area contributed by atoms with Crippen molar-refractivity contribution in [1.29, 1.82) is 0 Å². The smallest absolute Gasteiger partial charge is 0.248 e. The van der Waals surface area contributed by atoms with Crippen LogP contribution in [-0.2, 0) is 6.54 Å². The summed E-state index contributed by atoms with van der Waals surface area (Å²) >= 11 is 5.96. The number of nitrogens with one attached hydrogen (secondary N) is 1. The number of guanidine groups is 1. The SMILES string of the molecule is Cc1ccc(NC(N)=NCc2nc(-c3cccc(Cl)c3)no2)cc1. The van der Waals surface area contributed by atoms with Gasteiger partial charge in [-0.15, -0.1) is 0 Å². The van der Waals surface area contributed by atoms with Gasteiger partial charge in [0.1, 0.15) is 6.54 Å². The van der Waals surface area contributed by atoms with Crippen molar-refractivity contribution in [3.8, 4) is 11.4 Å². The normalized spacial score (nSPS) is 11.5. The van der Waals surface area contributed by atoms with Crippen LogP contribution in [0.5, 0.6) is 0 Å². The minimum Gasteiger partial charge on any atom is -0.370 e. The Morgan fingerprint density at radius 1 is 1.25 bits per heavy atom. The third-order valence-corrected chi connectivity index (χ3v) is 3.49. The maximum absolute atomic E-state index is 5.96. The fourth-order valence-corrected chi connectivity index (χ4v) is 2.23. The number of hydrogen-bond acceptors (Lipinski definition) is 4. The molecule has 0 bridgehead atoms. The summed E-state index contributed by atoms with van der Waals surface area (Å²) in [6.45, 7) is 2.21. The minimum atomic E-state index is 0.193. The highest BCUT2D eigenvalue weighted by Gasteiger charge is 2.08. The van der Waals surface area contributed by atoms with Crippen LogP contribution >= 0.6 is 11.6 Å². The van der Waals surface area contributed by atoms with Crippen LogP contribution in [0.1, 0.15) is 11.5 Å². The molecule has 3 N–H and O–H groups in total. The van der Waals surface area contributed by atoms with Gasteiger partial charge in [-0.05, 0) is 31.2 Å². The lowest BCUT2D eigenvalue weighted by molar-refractivity contribution is 0.381. The van der Waals surface area contributed by atoms with Crippen molar-refractivity contribution < 1.29 is 4.52 Å². The quantitative estimate of drug-likeness (QED) is 0.558. The molecule has 0 spiro atoms. The number of halogens is 1. The number of aromatic nitrogens is 2. The molecule has 0 unspecified atom stereocenters. The molecule has 1 aromatic heterocycles. The fourth-order valence-electron chi connectivity index (χ4n) is 2.04. The van der Waals surface area contributed by atoms with E-state index in [2.05, 4.69) is 20.4 Å². The number of hydrogen-bond donors (Lipinski definition) is 2. The molecule has 0 amide bonds. The number of aliphatic imine (C=N–C) groups is 1. The summed E-state index contributed by atoms with van der Waals surface area (Å²) in [6, 6.07) is 15.1. The number of nitrogens with zero attached hydrogens (tertiary/aromatic N) is 3. The van der Waals surface area contributed by atoms with E-state index in [0.717, 1.165) is 11.3 Å². The summed E-state index contributed by atoms with van der Waals surface area (Å²) < 4.78 is 5.18. The number of aryl methyl sites for hydroxylation is 1. The Bertz CT molecular complexity index is 857. The predicted octanol–water partition coefficient (Wildman–Crippen LogP) is 3.63. The summed E-state index contributed by atoms with van der Waals surface area (Å²) in [6.07, 6.45) is 0.